The van der Waals surface area contributed by atoms with Gasteiger partial charge in [0.1, 0.15) is 10.9 Å². The Hall–Kier alpha value is -1.25. The van der Waals surface area contributed by atoms with Gasteiger partial charge in [-0.25, -0.2) is 18.4 Å². The predicted molar refractivity (Wildman–Crippen MR) is 63.4 cm³/mol. The summed E-state index contributed by atoms with van der Waals surface area (Å²) in [4.78, 5) is 20.2. The van der Waals surface area contributed by atoms with Crippen molar-refractivity contribution < 1.29 is 13.2 Å². The molecule has 1 aromatic heterocycles. The van der Waals surface area contributed by atoms with Crippen molar-refractivity contribution in [2.24, 2.45) is 0 Å². The minimum Gasteiger partial charge on any atom is -0.344 e. The molecule has 1 aromatic rings. The van der Waals surface area contributed by atoms with Crippen molar-refractivity contribution in [3.8, 4) is 0 Å². The molecule has 0 radical (unpaired) electrons. The molecule has 2 heterocycles. The summed E-state index contributed by atoms with van der Waals surface area (Å²) in [5.41, 5.74) is 0. The minimum absolute atomic E-state index is 0.0365. The number of hydrogen-bond donors (Lipinski definition) is 1. The fourth-order valence-electron chi connectivity index (χ4n) is 1.63. The van der Waals surface area contributed by atoms with Gasteiger partial charge in [0.15, 0.2) is 0 Å². The smallest absolute Gasteiger partial charge is 0.244 e. The van der Waals surface area contributed by atoms with E-state index >= 15 is 0 Å². The SMILES string of the molecule is CN1CCC(NS(=O)(=O)c2cnc(Cl)nc2)C1=O. The number of carbonyl (C=O) groups excluding carboxylic acids is 1. The normalized spacial score (nSPS) is 20.4. The van der Waals surface area contributed by atoms with Crippen LogP contribution in [-0.2, 0) is 14.8 Å². The fourth-order valence-corrected chi connectivity index (χ4v) is 2.84. The van der Waals surface area contributed by atoms with Gasteiger partial charge in [-0.1, -0.05) is 0 Å². The summed E-state index contributed by atoms with van der Waals surface area (Å²) in [7, 11) is -2.17. The third kappa shape index (κ3) is 2.60. The highest BCUT2D eigenvalue weighted by atomic mass is 35.5. The molecule has 0 bridgehead atoms. The topological polar surface area (TPSA) is 92.3 Å². The zero-order valence-electron chi connectivity index (χ0n) is 9.50. The number of sulfonamides is 1. The van der Waals surface area contributed by atoms with E-state index < -0.39 is 16.1 Å². The predicted octanol–water partition coefficient (Wildman–Crippen LogP) is -0.361. The number of hydrogen-bond acceptors (Lipinski definition) is 5. The van der Waals surface area contributed by atoms with Crippen LogP contribution in [0.1, 0.15) is 6.42 Å². The van der Waals surface area contributed by atoms with Crippen molar-refractivity contribution in [2.75, 3.05) is 13.6 Å². The number of aromatic nitrogens is 2. The van der Waals surface area contributed by atoms with Crippen LogP contribution in [0.15, 0.2) is 17.3 Å². The van der Waals surface area contributed by atoms with Gasteiger partial charge in [0.2, 0.25) is 21.2 Å². The first kappa shape index (κ1) is 13.2. The number of amides is 1. The van der Waals surface area contributed by atoms with E-state index in [9.17, 15) is 13.2 Å². The van der Waals surface area contributed by atoms with Gasteiger partial charge in [-0.2, -0.15) is 4.72 Å². The molecule has 0 aliphatic carbocycles. The van der Waals surface area contributed by atoms with E-state index in [2.05, 4.69) is 14.7 Å². The van der Waals surface area contributed by atoms with E-state index in [-0.39, 0.29) is 16.1 Å². The van der Waals surface area contributed by atoms with Crippen molar-refractivity contribution in [3.63, 3.8) is 0 Å². The largest absolute Gasteiger partial charge is 0.344 e. The van der Waals surface area contributed by atoms with E-state index in [0.717, 1.165) is 12.4 Å². The maximum Gasteiger partial charge on any atom is 0.244 e. The number of rotatable bonds is 3. The molecule has 1 aliphatic heterocycles. The zero-order chi connectivity index (χ0) is 13.3. The first-order chi connectivity index (χ1) is 8.40. The van der Waals surface area contributed by atoms with Gasteiger partial charge in [-0.15, -0.1) is 0 Å². The molecule has 1 aliphatic rings. The molecule has 2 rings (SSSR count). The van der Waals surface area contributed by atoms with Crippen LogP contribution < -0.4 is 4.72 Å². The molecule has 18 heavy (non-hydrogen) atoms. The highest BCUT2D eigenvalue weighted by molar-refractivity contribution is 7.89. The number of halogens is 1. The second-order valence-electron chi connectivity index (χ2n) is 3.91. The second kappa shape index (κ2) is 4.79. The summed E-state index contributed by atoms with van der Waals surface area (Å²) in [5, 5.41) is -0.0365. The number of nitrogens with zero attached hydrogens (tertiary/aromatic N) is 3. The Bertz CT molecular complexity index is 560. The van der Waals surface area contributed by atoms with Gasteiger partial charge < -0.3 is 4.90 Å². The number of carbonyl (C=O) groups is 1. The van der Waals surface area contributed by atoms with E-state index in [1.807, 2.05) is 0 Å². The maximum absolute atomic E-state index is 11.9. The van der Waals surface area contributed by atoms with E-state index in [1.54, 1.807) is 7.05 Å². The van der Waals surface area contributed by atoms with Crippen molar-refractivity contribution in [3.05, 3.63) is 17.7 Å². The summed E-state index contributed by atoms with van der Waals surface area (Å²) in [6.45, 7) is 0.531. The standard InChI is InChI=1S/C9H11ClN4O3S/c1-14-3-2-7(8(14)15)13-18(16,17)6-4-11-9(10)12-5-6/h4-5,7,13H,2-3H2,1H3. The molecule has 1 fully saturated rings. The Morgan fingerprint density at radius 1 is 1.44 bits per heavy atom. The molecule has 1 saturated heterocycles. The average Bonchev–Trinajstić information content (AvgIpc) is 2.61. The number of likely N-dealkylation sites (N-methyl/N-ethyl adjacent to an activating group) is 1. The van der Waals surface area contributed by atoms with Crippen LogP contribution in [0.5, 0.6) is 0 Å². The summed E-state index contributed by atoms with van der Waals surface area (Å²) in [5.74, 6) is -0.242. The summed E-state index contributed by atoms with van der Waals surface area (Å²) < 4.78 is 26.2. The maximum atomic E-state index is 11.9. The van der Waals surface area contributed by atoms with Crippen LogP contribution in [-0.4, -0.2) is 48.8 Å². The lowest BCUT2D eigenvalue weighted by molar-refractivity contribution is -0.127. The Kier molecular flexibility index (Phi) is 3.51. The minimum atomic E-state index is -3.80. The lowest BCUT2D eigenvalue weighted by Crippen LogP contribution is -2.40. The summed E-state index contributed by atoms with van der Waals surface area (Å²) >= 11 is 5.48. The highest BCUT2D eigenvalue weighted by Gasteiger charge is 2.33. The Balaban J connectivity index is 2.18. The van der Waals surface area contributed by atoms with Crippen molar-refractivity contribution in [1.29, 1.82) is 0 Å². The first-order valence-corrected chi connectivity index (χ1v) is 7.01. The molecule has 1 N–H and O–H groups in total. The van der Waals surface area contributed by atoms with Crippen LogP contribution in [0, 0.1) is 0 Å². The molecule has 1 unspecified atom stereocenters. The fraction of sp³-hybridized carbons (Fsp3) is 0.444. The molecule has 0 aromatic carbocycles. The third-order valence-electron chi connectivity index (χ3n) is 2.63. The van der Waals surface area contributed by atoms with E-state index in [0.29, 0.717) is 13.0 Å². The third-order valence-corrected chi connectivity index (χ3v) is 4.25. The lowest BCUT2D eigenvalue weighted by Gasteiger charge is -2.12. The molecular weight excluding hydrogens is 280 g/mol. The number of nitrogens with one attached hydrogen (secondary N) is 1. The molecule has 98 valence electrons. The summed E-state index contributed by atoms with van der Waals surface area (Å²) in [6.07, 6.45) is 2.64. The van der Waals surface area contributed by atoms with Crippen molar-refractivity contribution in [1.82, 2.24) is 19.6 Å². The van der Waals surface area contributed by atoms with Gasteiger partial charge in [0, 0.05) is 13.6 Å². The van der Waals surface area contributed by atoms with Gasteiger partial charge in [0.25, 0.3) is 0 Å². The van der Waals surface area contributed by atoms with Gasteiger partial charge in [-0.3, -0.25) is 4.79 Å². The van der Waals surface area contributed by atoms with Crippen LogP contribution in [0.2, 0.25) is 5.28 Å². The number of likely N-dealkylation sites (tertiary alicyclic amines) is 1. The quantitative estimate of drug-likeness (QED) is 0.768. The second-order valence-corrected chi connectivity index (χ2v) is 5.96. The van der Waals surface area contributed by atoms with Gasteiger partial charge >= 0.3 is 0 Å². The van der Waals surface area contributed by atoms with Crippen LogP contribution in [0.3, 0.4) is 0 Å². The van der Waals surface area contributed by atoms with E-state index in [1.165, 1.54) is 4.90 Å². The summed E-state index contributed by atoms with van der Waals surface area (Å²) in [6, 6.07) is -0.726. The molecule has 0 saturated carbocycles. The highest BCUT2D eigenvalue weighted by Crippen LogP contribution is 2.13. The molecule has 0 spiro atoms. The molecule has 9 heteroatoms. The molecule has 7 nitrogen and oxygen atoms in total. The van der Waals surface area contributed by atoms with Gasteiger partial charge in [-0.05, 0) is 18.0 Å². The zero-order valence-corrected chi connectivity index (χ0v) is 11.1. The molecule has 1 amide bonds. The van der Waals surface area contributed by atoms with Crippen LogP contribution in [0.25, 0.3) is 0 Å². The monoisotopic (exact) mass is 290 g/mol. The van der Waals surface area contributed by atoms with Crippen LogP contribution >= 0.6 is 11.6 Å². The molecule has 1 atom stereocenters. The average molecular weight is 291 g/mol. The molecular formula is C9H11ClN4O3S. The Morgan fingerprint density at radius 2 is 2.06 bits per heavy atom. The van der Waals surface area contributed by atoms with Crippen molar-refractivity contribution >= 4 is 27.5 Å². The van der Waals surface area contributed by atoms with Crippen molar-refractivity contribution in [2.45, 2.75) is 17.4 Å². The lowest BCUT2D eigenvalue weighted by atomic mass is 10.3. The van der Waals surface area contributed by atoms with Crippen LogP contribution in [0.4, 0.5) is 0 Å². The van der Waals surface area contributed by atoms with Gasteiger partial charge in [0.05, 0.1) is 12.4 Å². The Morgan fingerprint density at radius 3 is 2.56 bits per heavy atom. The Labute approximate surface area is 109 Å². The first-order valence-electron chi connectivity index (χ1n) is 5.15. The van der Waals surface area contributed by atoms with E-state index in [4.69, 9.17) is 11.6 Å².